The van der Waals surface area contributed by atoms with Crippen molar-refractivity contribution in [3.63, 3.8) is 0 Å². The highest BCUT2D eigenvalue weighted by Gasteiger charge is 2.57. The number of hydrogen-bond acceptors (Lipinski definition) is 2. The third-order valence-electron chi connectivity index (χ3n) is 4.55. The second-order valence-corrected chi connectivity index (χ2v) is 5.70. The summed E-state index contributed by atoms with van der Waals surface area (Å²) in [6, 6.07) is 4.71. The zero-order valence-electron chi connectivity index (χ0n) is 10.6. The summed E-state index contributed by atoms with van der Waals surface area (Å²) in [5.74, 6) is 0.142. The van der Waals surface area contributed by atoms with Crippen molar-refractivity contribution in [2.24, 2.45) is 11.3 Å². The van der Waals surface area contributed by atoms with Gasteiger partial charge in [0.15, 0.2) is 5.78 Å². The van der Waals surface area contributed by atoms with Crippen LogP contribution in [0.25, 0.3) is 0 Å². The van der Waals surface area contributed by atoms with Crippen LogP contribution in [-0.2, 0) is 0 Å². The Hall–Kier alpha value is -1.22. The number of rotatable bonds is 2. The van der Waals surface area contributed by atoms with Crippen LogP contribution in [0.15, 0.2) is 18.2 Å². The Kier molecular flexibility index (Phi) is 2.74. The number of benzene rings is 1. The average Bonchev–Trinajstić information content (AvgIpc) is 3.06. The Balaban J connectivity index is 1.78. The third-order valence-corrected chi connectivity index (χ3v) is 4.55. The molecule has 0 radical (unpaired) electrons. The summed E-state index contributed by atoms with van der Waals surface area (Å²) >= 11 is 0. The molecular weight excluding hydrogens is 229 g/mol. The van der Waals surface area contributed by atoms with Gasteiger partial charge in [0.05, 0.1) is 0 Å². The fourth-order valence-corrected chi connectivity index (χ4v) is 3.19. The van der Waals surface area contributed by atoms with E-state index in [2.05, 4.69) is 5.32 Å². The average molecular weight is 247 g/mol. The van der Waals surface area contributed by atoms with E-state index in [4.69, 9.17) is 0 Å². The lowest BCUT2D eigenvalue weighted by molar-refractivity contribution is 0.0940. The maximum absolute atomic E-state index is 13.2. The van der Waals surface area contributed by atoms with E-state index in [0.29, 0.717) is 11.1 Å². The Morgan fingerprint density at radius 2 is 2.11 bits per heavy atom. The molecule has 3 heteroatoms. The van der Waals surface area contributed by atoms with Gasteiger partial charge in [0.2, 0.25) is 0 Å². The summed E-state index contributed by atoms with van der Waals surface area (Å²) in [6.07, 6.45) is 3.22. The number of ketones is 1. The molecular formula is C15H18FNO. The zero-order valence-corrected chi connectivity index (χ0v) is 10.6. The van der Waals surface area contributed by atoms with Crippen molar-refractivity contribution >= 4 is 5.78 Å². The summed E-state index contributed by atoms with van der Waals surface area (Å²) in [4.78, 5) is 12.4. The van der Waals surface area contributed by atoms with Gasteiger partial charge in [-0.05, 0) is 68.5 Å². The predicted octanol–water partition coefficient (Wildman–Crippen LogP) is 2.71. The number of carbonyl (C=O) groups excluding carboxylic acids is 1. The van der Waals surface area contributed by atoms with E-state index >= 15 is 0 Å². The van der Waals surface area contributed by atoms with Gasteiger partial charge in [-0.3, -0.25) is 4.79 Å². The number of nitrogens with one attached hydrogen (secondary N) is 1. The van der Waals surface area contributed by atoms with E-state index in [0.717, 1.165) is 32.4 Å². The standard InChI is InChI=1S/C15H18FNO/c1-10-8-11(2-3-13(10)16)14(18)12-9-15(12)4-6-17-7-5-15/h2-3,8,12,17H,4-7,9H2,1H3. The highest BCUT2D eigenvalue weighted by atomic mass is 19.1. The van der Waals surface area contributed by atoms with Gasteiger partial charge in [-0.1, -0.05) is 0 Å². The molecule has 1 aliphatic carbocycles. The summed E-state index contributed by atoms with van der Waals surface area (Å²) < 4.78 is 13.2. The van der Waals surface area contributed by atoms with E-state index in [1.807, 2.05) is 0 Å². The van der Waals surface area contributed by atoms with Crippen molar-refractivity contribution < 1.29 is 9.18 Å². The zero-order chi connectivity index (χ0) is 12.8. The molecule has 2 aliphatic rings. The topological polar surface area (TPSA) is 29.1 Å². The second-order valence-electron chi connectivity index (χ2n) is 5.70. The van der Waals surface area contributed by atoms with E-state index < -0.39 is 0 Å². The van der Waals surface area contributed by atoms with E-state index in [1.54, 1.807) is 19.1 Å². The van der Waals surface area contributed by atoms with Gasteiger partial charge < -0.3 is 5.32 Å². The molecule has 1 saturated carbocycles. The molecule has 0 aromatic heterocycles. The summed E-state index contributed by atoms with van der Waals surface area (Å²) in [5, 5.41) is 3.34. The van der Waals surface area contributed by atoms with Gasteiger partial charge in [-0.25, -0.2) is 4.39 Å². The van der Waals surface area contributed by atoms with Gasteiger partial charge in [0, 0.05) is 11.5 Å². The number of Topliss-reactive ketones (excluding diaryl/α,β-unsaturated/α-hetero) is 1. The second kappa shape index (κ2) is 4.16. The molecule has 1 aliphatic heterocycles. The SMILES string of the molecule is Cc1cc(C(=O)C2CC23CCNCC3)ccc1F. The van der Waals surface area contributed by atoms with Crippen molar-refractivity contribution in [1.82, 2.24) is 5.32 Å². The molecule has 1 atom stereocenters. The lowest BCUT2D eigenvalue weighted by Crippen LogP contribution is -2.30. The molecule has 3 rings (SSSR count). The highest BCUT2D eigenvalue weighted by Crippen LogP contribution is 2.59. The maximum atomic E-state index is 13.2. The lowest BCUT2D eigenvalue weighted by atomic mass is 9.89. The molecule has 1 spiro atoms. The quantitative estimate of drug-likeness (QED) is 0.814. The molecule has 1 unspecified atom stereocenters. The van der Waals surface area contributed by atoms with E-state index in [1.165, 1.54) is 6.07 Å². The van der Waals surface area contributed by atoms with Crippen molar-refractivity contribution in [1.29, 1.82) is 0 Å². The molecule has 2 fully saturated rings. The summed E-state index contributed by atoms with van der Waals surface area (Å²) in [6.45, 7) is 3.75. The molecule has 1 aromatic carbocycles. The van der Waals surface area contributed by atoms with Gasteiger partial charge in [-0.2, -0.15) is 0 Å². The van der Waals surface area contributed by atoms with Crippen LogP contribution >= 0.6 is 0 Å². The van der Waals surface area contributed by atoms with Crippen molar-refractivity contribution in [3.05, 3.63) is 35.1 Å². The Bertz CT molecular complexity index is 491. The molecule has 0 amide bonds. The molecule has 1 N–H and O–H groups in total. The van der Waals surface area contributed by atoms with E-state index in [-0.39, 0.29) is 22.9 Å². The fraction of sp³-hybridized carbons (Fsp3) is 0.533. The summed E-state index contributed by atoms with van der Waals surface area (Å²) in [5.41, 5.74) is 1.49. The van der Waals surface area contributed by atoms with E-state index in [9.17, 15) is 9.18 Å². The van der Waals surface area contributed by atoms with Crippen LogP contribution in [0.3, 0.4) is 0 Å². The van der Waals surface area contributed by atoms with Crippen LogP contribution in [0.4, 0.5) is 4.39 Å². The third kappa shape index (κ3) is 1.87. The molecule has 2 nitrogen and oxygen atoms in total. The first-order valence-electron chi connectivity index (χ1n) is 6.63. The van der Waals surface area contributed by atoms with Gasteiger partial charge in [0.25, 0.3) is 0 Å². The van der Waals surface area contributed by atoms with Crippen molar-refractivity contribution in [3.8, 4) is 0 Å². The molecule has 0 bridgehead atoms. The van der Waals surface area contributed by atoms with Crippen LogP contribution in [0.1, 0.15) is 35.2 Å². The highest BCUT2D eigenvalue weighted by molar-refractivity contribution is 6.00. The Morgan fingerprint density at radius 1 is 1.39 bits per heavy atom. The number of carbonyl (C=O) groups is 1. The van der Waals surface area contributed by atoms with Crippen molar-refractivity contribution in [2.45, 2.75) is 26.2 Å². The van der Waals surface area contributed by atoms with Gasteiger partial charge >= 0.3 is 0 Å². The van der Waals surface area contributed by atoms with Crippen LogP contribution in [0, 0.1) is 24.1 Å². The lowest BCUT2D eigenvalue weighted by Gasteiger charge is -2.23. The van der Waals surface area contributed by atoms with Crippen LogP contribution in [-0.4, -0.2) is 18.9 Å². The van der Waals surface area contributed by atoms with Gasteiger partial charge in [0.1, 0.15) is 5.82 Å². The number of piperidine rings is 1. The van der Waals surface area contributed by atoms with Gasteiger partial charge in [-0.15, -0.1) is 0 Å². The maximum Gasteiger partial charge on any atom is 0.166 e. The van der Waals surface area contributed by atoms with Crippen LogP contribution in [0.5, 0.6) is 0 Å². The first-order chi connectivity index (χ1) is 8.62. The number of aryl methyl sites for hydroxylation is 1. The van der Waals surface area contributed by atoms with Crippen LogP contribution < -0.4 is 5.32 Å². The minimum Gasteiger partial charge on any atom is -0.317 e. The molecule has 1 heterocycles. The molecule has 1 saturated heterocycles. The Morgan fingerprint density at radius 3 is 2.78 bits per heavy atom. The number of hydrogen-bond donors (Lipinski definition) is 1. The first-order valence-corrected chi connectivity index (χ1v) is 6.63. The Labute approximate surface area is 107 Å². The largest absolute Gasteiger partial charge is 0.317 e. The van der Waals surface area contributed by atoms with Crippen LogP contribution in [0.2, 0.25) is 0 Å². The molecule has 1 aromatic rings. The normalized spacial score (nSPS) is 25.1. The first kappa shape index (κ1) is 11.8. The minimum absolute atomic E-state index is 0.171. The summed E-state index contributed by atoms with van der Waals surface area (Å²) in [7, 11) is 0. The smallest absolute Gasteiger partial charge is 0.166 e. The number of halogens is 1. The van der Waals surface area contributed by atoms with Crippen molar-refractivity contribution in [2.75, 3.05) is 13.1 Å². The molecule has 18 heavy (non-hydrogen) atoms. The fourth-order valence-electron chi connectivity index (χ4n) is 3.19. The molecule has 96 valence electrons. The monoisotopic (exact) mass is 247 g/mol. The predicted molar refractivity (Wildman–Crippen MR) is 68.1 cm³/mol. The minimum atomic E-state index is -0.237.